The first-order valence-corrected chi connectivity index (χ1v) is 16.4. The zero-order valence-electron chi connectivity index (χ0n) is 28.1. The molecule has 1 spiro atoms. The second-order valence-electron chi connectivity index (χ2n) is 15.7. The summed E-state index contributed by atoms with van der Waals surface area (Å²) >= 11 is 0. The van der Waals surface area contributed by atoms with Crippen LogP contribution in [0.25, 0.3) is 0 Å². The lowest BCUT2D eigenvalue weighted by molar-refractivity contribution is -0.470. The second-order valence-corrected chi connectivity index (χ2v) is 15.7. The number of aliphatic imine (C=N–C) groups is 1. The molecular formula is C34H48N4O8. The summed E-state index contributed by atoms with van der Waals surface area (Å²) in [6.07, 6.45) is 0.130. The summed E-state index contributed by atoms with van der Waals surface area (Å²) in [5.41, 5.74) is -0.420. The molecule has 1 aromatic rings. The standard InChI is InChI=1S/C34H48N4O8/c1-30(2,3)44-28(40)37-26(38-29(41)45-31(4,5)6)35-16-12-15-22(36-27(39)42-18-19-13-10-9-11-14-19)33(8)43-24-23-20-17-21-32(7,46-33)25(24)34(20,21)23/h9-11,13-14,20-25H,12,15-18H2,1-8H3,(H,36,39)(H2,35,37,38,40,41)/t20-,21?,22?,23?,24-,25?,32?,33+,34?/m0/s1. The lowest BCUT2D eigenvalue weighted by Crippen LogP contribution is -2.83. The molecule has 1 heterocycles. The second kappa shape index (κ2) is 11.1. The van der Waals surface area contributed by atoms with Crippen LogP contribution in [0.2, 0.25) is 0 Å². The van der Waals surface area contributed by atoms with Gasteiger partial charge in [-0.3, -0.25) is 15.6 Å². The Bertz CT molecular complexity index is 1370. The minimum Gasteiger partial charge on any atom is -0.445 e. The molecule has 1 aromatic carbocycles. The Balaban J connectivity index is 1.13. The maximum absolute atomic E-state index is 13.1. The van der Waals surface area contributed by atoms with Gasteiger partial charge in [0.05, 0.1) is 17.7 Å². The molecule has 9 atom stereocenters. The number of carbonyl (C=O) groups excluding carboxylic acids is 3. The number of nitrogens with one attached hydrogen (secondary N) is 3. The third-order valence-corrected chi connectivity index (χ3v) is 10.3. The summed E-state index contributed by atoms with van der Waals surface area (Å²) in [5, 5.41) is 8.04. The zero-order chi connectivity index (χ0) is 33.3. The van der Waals surface area contributed by atoms with Crippen LogP contribution in [0.3, 0.4) is 0 Å². The Labute approximate surface area is 270 Å². The number of fused-ring (bicyclic) bond motifs is 3. The highest BCUT2D eigenvalue weighted by Crippen LogP contribution is 2.99. The summed E-state index contributed by atoms with van der Waals surface area (Å²) in [6.45, 7) is 14.9. The maximum atomic E-state index is 13.1. The van der Waals surface area contributed by atoms with Gasteiger partial charge in [-0.05, 0) is 103 Å². The Kier molecular flexibility index (Phi) is 7.86. The van der Waals surface area contributed by atoms with Gasteiger partial charge in [0.25, 0.3) is 0 Å². The Hall–Kier alpha value is -3.38. The van der Waals surface area contributed by atoms with E-state index in [9.17, 15) is 14.4 Å². The molecule has 12 nitrogen and oxygen atoms in total. The quantitative estimate of drug-likeness (QED) is 0.151. The van der Waals surface area contributed by atoms with Gasteiger partial charge >= 0.3 is 18.3 Å². The van der Waals surface area contributed by atoms with Crippen LogP contribution in [0.1, 0.15) is 80.2 Å². The van der Waals surface area contributed by atoms with Crippen molar-refractivity contribution >= 4 is 24.2 Å². The predicted molar refractivity (Wildman–Crippen MR) is 168 cm³/mol. The molecular weight excluding hydrogens is 592 g/mol. The van der Waals surface area contributed by atoms with Crippen LogP contribution in [0, 0.1) is 29.1 Å². The number of hydrogen-bond acceptors (Lipinski definition) is 9. The van der Waals surface area contributed by atoms with Crippen LogP contribution in [0.5, 0.6) is 0 Å². The molecule has 5 fully saturated rings. The third kappa shape index (κ3) is 5.72. The molecule has 3 amide bonds. The van der Waals surface area contributed by atoms with Crippen molar-refractivity contribution in [1.82, 2.24) is 16.0 Å². The fraction of sp³-hybridized carbons (Fsp3) is 0.706. The van der Waals surface area contributed by atoms with Gasteiger partial charge in [0.15, 0.2) is 5.79 Å². The van der Waals surface area contributed by atoms with E-state index in [0.29, 0.717) is 36.0 Å². The van der Waals surface area contributed by atoms with E-state index in [0.717, 1.165) is 11.5 Å². The van der Waals surface area contributed by atoms with Crippen molar-refractivity contribution in [2.75, 3.05) is 6.54 Å². The molecule has 0 bridgehead atoms. The van der Waals surface area contributed by atoms with Gasteiger partial charge in [0, 0.05) is 12.5 Å². The van der Waals surface area contributed by atoms with E-state index in [1.165, 1.54) is 6.42 Å². The van der Waals surface area contributed by atoms with Gasteiger partial charge in [0.2, 0.25) is 5.96 Å². The van der Waals surface area contributed by atoms with Crippen LogP contribution in [0.4, 0.5) is 14.4 Å². The molecule has 4 saturated carbocycles. The highest BCUT2D eigenvalue weighted by Gasteiger charge is 3.02. The van der Waals surface area contributed by atoms with E-state index in [2.05, 4.69) is 27.9 Å². The number of rotatable bonds is 8. The molecule has 0 aromatic heterocycles. The van der Waals surface area contributed by atoms with Gasteiger partial charge in [-0.15, -0.1) is 0 Å². The maximum Gasteiger partial charge on any atom is 0.414 e. The smallest absolute Gasteiger partial charge is 0.414 e. The summed E-state index contributed by atoms with van der Waals surface area (Å²) in [4.78, 5) is 42.5. The molecule has 0 radical (unpaired) electrons. The number of carbonyl (C=O) groups is 3. The fourth-order valence-corrected chi connectivity index (χ4v) is 8.82. The average molecular weight is 641 g/mol. The minimum absolute atomic E-state index is 0.101. The number of nitrogens with zero attached hydrogens (tertiary/aromatic N) is 1. The van der Waals surface area contributed by atoms with Crippen molar-refractivity contribution in [3.05, 3.63) is 35.9 Å². The van der Waals surface area contributed by atoms with Crippen molar-refractivity contribution in [3.63, 3.8) is 0 Å². The summed E-state index contributed by atoms with van der Waals surface area (Å²) in [7, 11) is 0. The van der Waals surface area contributed by atoms with Crippen molar-refractivity contribution in [2.45, 2.75) is 116 Å². The van der Waals surface area contributed by atoms with Crippen molar-refractivity contribution in [2.24, 2.45) is 34.1 Å². The molecule has 6 unspecified atom stereocenters. The summed E-state index contributed by atoms with van der Waals surface area (Å²) in [6, 6.07) is 8.95. The van der Waals surface area contributed by atoms with Crippen LogP contribution >= 0.6 is 0 Å². The van der Waals surface area contributed by atoms with Crippen LogP contribution < -0.4 is 16.0 Å². The Morgan fingerprint density at radius 2 is 1.61 bits per heavy atom. The van der Waals surface area contributed by atoms with E-state index in [4.69, 9.17) is 23.7 Å². The van der Waals surface area contributed by atoms with E-state index < -0.39 is 41.3 Å². The van der Waals surface area contributed by atoms with Gasteiger partial charge in [-0.25, -0.2) is 14.4 Å². The van der Waals surface area contributed by atoms with Gasteiger partial charge in [0.1, 0.15) is 17.8 Å². The number of ether oxygens (including phenoxy) is 5. The van der Waals surface area contributed by atoms with E-state index >= 15 is 0 Å². The minimum atomic E-state index is -1.07. The topological polar surface area (TPSA) is 146 Å². The van der Waals surface area contributed by atoms with E-state index in [1.807, 2.05) is 37.3 Å². The molecule has 6 rings (SSSR count). The normalized spacial score (nSPS) is 34.8. The van der Waals surface area contributed by atoms with Gasteiger partial charge in [-0.1, -0.05) is 30.3 Å². The first kappa shape index (κ1) is 32.6. The summed E-state index contributed by atoms with van der Waals surface area (Å²) < 4.78 is 29.8. The molecule has 3 N–H and O–H groups in total. The predicted octanol–water partition coefficient (Wildman–Crippen LogP) is 5.25. The molecule has 1 aliphatic heterocycles. The van der Waals surface area contributed by atoms with Crippen LogP contribution in [-0.4, -0.2) is 65.5 Å². The number of amides is 3. The zero-order valence-corrected chi connectivity index (χ0v) is 28.1. The first-order chi connectivity index (χ1) is 21.5. The summed E-state index contributed by atoms with van der Waals surface area (Å²) in [5.74, 6) is 1.18. The SMILES string of the molecule is CC(C)(C)OC(=O)NC(=NCCCC(NC(=O)OCc1ccccc1)[C@]1(C)O[C@H]2C3[C@@H]4CC5C(C)(O1)C2C354)NC(=O)OC(C)(C)C. The van der Waals surface area contributed by atoms with Crippen molar-refractivity contribution < 1.29 is 38.1 Å². The van der Waals surface area contributed by atoms with E-state index in [-0.39, 0.29) is 30.8 Å². The van der Waals surface area contributed by atoms with Gasteiger partial charge in [-0.2, -0.15) is 0 Å². The van der Waals surface area contributed by atoms with Crippen molar-refractivity contribution in [3.8, 4) is 0 Å². The third-order valence-electron chi connectivity index (χ3n) is 10.3. The lowest BCUT2D eigenvalue weighted by Gasteiger charge is -2.76. The molecule has 1 saturated heterocycles. The van der Waals surface area contributed by atoms with Gasteiger partial charge < -0.3 is 29.0 Å². The number of guanidine groups is 1. The fourth-order valence-electron chi connectivity index (χ4n) is 8.82. The largest absolute Gasteiger partial charge is 0.445 e. The highest BCUT2D eigenvalue weighted by molar-refractivity contribution is 6.01. The number of benzene rings is 1. The molecule has 5 aliphatic rings. The lowest BCUT2D eigenvalue weighted by atomic mass is 9.37. The monoisotopic (exact) mass is 640 g/mol. The first-order valence-electron chi connectivity index (χ1n) is 16.4. The number of alkyl carbamates (subject to hydrolysis) is 3. The highest BCUT2D eigenvalue weighted by atomic mass is 16.7. The molecule has 4 aliphatic carbocycles. The number of hydrogen-bond donors (Lipinski definition) is 3. The van der Waals surface area contributed by atoms with E-state index in [1.54, 1.807) is 41.5 Å². The molecule has 252 valence electrons. The van der Waals surface area contributed by atoms with Crippen LogP contribution in [-0.2, 0) is 30.3 Å². The molecule has 12 heteroatoms. The average Bonchev–Trinajstić information content (AvgIpc) is 3.45. The molecule has 46 heavy (non-hydrogen) atoms. The Morgan fingerprint density at radius 1 is 0.978 bits per heavy atom. The Morgan fingerprint density at radius 3 is 2.22 bits per heavy atom. The van der Waals surface area contributed by atoms with Crippen molar-refractivity contribution in [1.29, 1.82) is 0 Å². The van der Waals surface area contributed by atoms with Crippen LogP contribution in [0.15, 0.2) is 35.3 Å².